The number of hydrogen-bond donors (Lipinski definition) is 2. The summed E-state index contributed by atoms with van der Waals surface area (Å²) in [6, 6.07) is 0.539. The fraction of sp³-hybridized carbons (Fsp3) is 0.467. The van der Waals surface area contributed by atoms with E-state index >= 15 is 0 Å². The number of amides is 1. The van der Waals surface area contributed by atoms with Gasteiger partial charge < -0.3 is 14.9 Å². The van der Waals surface area contributed by atoms with E-state index in [4.69, 9.17) is 9.63 Å². The highest BCUT2D eigenvalue weighted by molar-refractivity contribution is 5.94. The van der Waals surface area contributed by atoms with Crippen LogP contribution in [0.2, 0.25) is 0 Å². The molecule has 0 aromatic carbocycles. The number of aryl methyl sites for hydroxylation is 1. The number of carbonyl (C=O) groups is 2. The van der Waals surface area contributed by atoms with Crippen molar-refractivity contribution in [2.45, 2.75) is 39.8 Å². The molecule has 0 aliphatic rings. The fourth-order valence-electron chi connectivity index (χ4n) is 2.13. The molecule has 0 fully saturated rings. The Morgan fingerprint density at radius 2 is 2.17 bits per heavy atom. The number of carboxylic acids is 1. The zero-order valence-corrected chi connectivity index (χ0v) is 13.3. The fourth-order valence-corrected chi connectivity index (χ4v) is 2.13. The predicted molar refractivity (Wildman–Crippen MR) is 80.9 cm³/mol. The van der Waals surface area contributed by atoms with E-state index in [1.165, 1.54) is 6.07 Å². The molecular weight excluding hydrogens is 300 g/mol. The molecule has 8 nitrogen and oxygen atoms in total. The molecule has 2 N–H and O–H groups in total. The maximum absolute atomic E-state index is 12.1. The molecule has 2 aromatic heterocycles. The maximum atomic E-state index is 12.1. The molecule has 124 valence electrons. The summed E-state index contributed by atoms with van der Waals surface area (Å²) < 4.78 is 6.77. The van der Waals surface area contributed by atoms with Crippen molar-refractivity contribution in [3.05, 3.63) is 35.5 Å². The molecule has 8 heteroatoms. The van der Waals surface area contributed by atoms with Crippen LogP contribution in [0.25, 0.3) is 0 Å². The van der Waals surface area contributed by atoms with Crippen molar-refractivity contribution in [3.8, 4) is 0 Å². The van der Waals surface area contributed by atoms with Gasteiger partial charge in [0, 0.05) is 12.3 Å². The number of hydrogen-bond acceptors (Lipinski definition) is 5. The first-order valence-corrected chi connectivity index (χ1v) is 7.33. The van der Waals surface area contributed by atoms with Crippen LogP contribution in [0.1, 0.15) is 42.1 Å². The van der Waals surface area contributed by atoms with Crippen LogP contribution in [-0.2, 0) is 11.3 Å². The Balaban J connectivity index is 2.01. The molecule has 0 radical (unpaired) electrons. The summed E-state index contributed by atoms with van der Waals surface area (Å²) in [6.45, 7) is 6.05. The van der Waals surface area contributed by atoms with Crippen molar-refractivity contribution in [1.82, 2.24) is 20.3 Å². The summed E-state index contributed by atoms with van der Waals surface area (Å²) in [7, 11) is 0. The molecule has 23 heavy (non-hydrogen) atoms. The summed E-state index contributed by atoms with van der Waals surface area (Å²) in [5.74, 6) is -1.02. The highest BCUT2D eigenvalue weighted by Crippen LogP contribution is 2.09. The van der Waals surface area contributed by atoms with Crippen LogP contribution in [0.4, 0.5) is 0 Å². The Morgan fingerprint density at radius 1 is 1.43 bits per heavy atom. The number of nitrogens with one attached hydrogen (secondary N) is 1. The lowest BCUT2D eigenvalue weighted by molar-refractivity contribution is -0.139. The van der Waals surface area contributed by atoms with Gasteiger partial charge in [-0.1, -0.05) is 19.0 Å². The van der Waals surface area contributed by atoms with Crippen LogP contribution in [0.5, 0.6) is 0 Å². The summed E-state index contributed by atoms with van der Waals surface area (Å²) in [4.78, 5) is 23.3. The van der Waals surface area contributed by atoms with Crippen LogP contribution < -0.4 is 5.32 Å². The van der Waals surface area contributed by atoms with Crippen LogP contribution in [0, 0.1) is 12.8 Å². The van der Waals surface area contributed by atoms with Crippen LogP contribution >= 0.6 is 0 Å². The number of rotatable bonds is 7. The van der Waals surface area contributed by atoms with Crippen molar-refractivity contribution in [2.24, 2.45) is 5.92 Å². The number of nitrogens with zero attached hydrogens (tertiary/aromatic N) is 3. The first-order chi connectivity index (χ1) is 10.8. The smallest absolute Gasteiger partial charge is 0.326 e. The summed E-state index contributed by atoms with van der Waals surface area (Å²) >= 11 is 0. The lowest BCUT2D eigenvalue weighted by atomic mass is 10.0. The van der Waals surface area contributed by atoms with Crippen molar-refractivity contribution < 1.29 is 19.2 Å². The molecule has 1 atom stereocenters. The molecule has 0 spiro atoms. The van der Waals surface area contributed by atoms with Gasteiger partial charge in [0.05, 0.1) is 6.20 Å². The lowest BCUT2D eigenvalue weighted by Crippen LogP contribution is -2.41. The SMILES string of the molecule is Cc1cnn(Cc2cc(C(=O)N[C@H](CC(C)C)C(=O)O)no2)c1. The minimum atomic E-state index is -1.07. The third-order valence-electron chi connectivity index (χ3n) is 3.18. The monoisotopic (exact) mass is 320 g/mol. The van der Waals surface area contributed by atoms with Crippen LogP contribution in [-0.4, -0.2) is 38.0 Å². The molecule has 0 bridgehead atoms. The number of aromatic nitrogens is 3. The second kappa shape index (κ2) is 7.08. The molecule has 0 saturated carbocycles. The van der Waals surface area contributed by atoms with E-state index in [1.807, 2.05) is 27.0 Å². The van der Waals surface area contributed by atoms with Crippen LogP contribution in [0.15, 0.2) is 23.0 Å². The molecule has 0 aliphatic heterocycles. The Hall–Kier alpha value is -2.64. The second-order valence-corrected chi connectivity index (χ2v) is 5.89. The average molecular weight is 320 g/mol. The molecule has 0 unspecified atom stereocenters. The summed E-state index contributed by atoms with van der Waals surface area (Å²) in [6.07, 6.45) is 3.90. The largest absolute Gasteiger partial charge is 0.480 e. The topological polar surface area (TPSA) is 110 Å². The zero-order chi connectivity index (χ0) is 17.0. The van der Waals surface area contributed by atoms with Crippen LogP contribution in [0.3, 0.4) is 0 Å². The van der Waals surface area contributed by atoms with Crippen molar-refractivity contribution >= 4 is 11.9 Å². The van der Waals surface area contributed by atoms with Gasteiger partial charge in [0.25, 0.3) is 5.91 Å². The van der Waals surface area contributed by atoms with Gasteiger partial charge in [-0.05, 0) is 24.8 Å². The third kappa shape index (κ3) is 4.67. The second-order valence-electron chi connectivity index (χ2n) is 5.89. The lowest BCUT2D eigenvalue weighted by Gasteiger charge is -2.15. The van der Waals surface area contributed by atoms with Gasteiger partial charge in [0.1, 0.15) is 12.6 Å². The molecule has 0 aliphatic carbocycles. The van der Waals surface area contributed by atoms with E-state index < -0.39 is 17.9 Å². The van der Waals surface area contributed by atoms with E-state index in [0.29, 0.717) is 18.7 Å². The normalized spacial score (nSPS) is 12.3. The van der Waals surface area contributed by atoms with E-state index in [2.05, 4.69) is 15.6 Å². The van der Waals surface area contributed by atoms with Gasteiger partial charge in [0.15, 0.2) is 11.5 Å². The quantitative estimate of drug-likeness (QED) is 0.799. The van der Waals surface area contributed by atoms with Gasteiger partial charge in [0.2, 0.25) is 0 Å². The Morgan fingerprint density at radius 3 is 2.74 bits per heavy atom. The van der Waals surface area contributed by atoms with Gasteiger partial charge >= 0.3 is 5.97 Å². The first-order valence-electron chi connectivity index (χ1n) is 7.33. The van der Waals surface area contributed by atoms with Crippen molar-refractivity contribution in [1.29, 1.82) is 0 Å². The molecule has 2 aromatic rings. The van der Waals surface area contributed by atoms with Crippen molar-refractivity contribution in [2.75, 3.05) is 0 Å². The van der Waals surface area contributed by atoms with Gasteiger partial charge in [-0.3, -0.25) is 9.48 Å². The van der Waals surface area contributed by atoms with Gasteiger partial charge in [-0.2, -0.15) is 5.10 Å². The third-order valence-corrected chi connectivity index (χ3v) is 3.18. The Bertz CT molecular complexity index is 689. The number of aliphatic carboxylic acids is 1. The zero-order valence-electron chi connectivity index (χ0n) is 13.3. The average Bonchev–Trinajstić information content (AvgIpc) is 3.07. The predicted octanol–water partition coefficient (Wildman–Crippen LogP) is 1.46. The van der Waals surface area contributed by atoms with Gasteiger partial charge in [-0.25, -0.2) is 4.79 Å². The minimum absolute atomic E-state index is 0.0545. The van der Waals surface area contributed by atoms with E-state index in [0.717, 1.165) is 5.56 Å². The Kier molecular flexibility index (Phi) is 5.15. The highest BCUT2D eigenvalue weighted by atomic mass is 16.5. The number of carboxylic acid groups (broad SMARTS) is 1. The maximum Gasteiger partial charge on any atom is 0.326 e. The first kappa shape index (κ1) is 16.7. The minimum Gasteiger partial charge on any atom is -0.480 e. The van der Waals surface area contributed by atoms with Crippen molar-refractivity contribution in [3.63, 3.8) is 0 Å². The number of carbonyl (C=O) groups excluding carboxylic acids is 1. The van der Waals surface area contributed by atoms with Gasteiger partial charge in [-0.15, -0.1) is 0 Å². The molecule has 1 amide bonds. The molecule has 2 rings (SSSR count). The molecular formula is C15H20N4O4. The summed E-state index contributed by atoms with van der Waals surface area (Å²) in [5.41, 5.74) is 1.07. The Labute approximate surface area is 133 Å². The standard InChI is InChI=1S/C15H20N4O4/c1-9(2)4-13(15(21)22)17-14(20)12-5-11(23-18-12)8-19-7-10(3)6-16-19/h5-7,9,13H,4,8H2,1-3H3,(H,17,20)(H,21,22)/t13-/m1/s1. The molecule has 2 heterocycles. The highest BCUT2D eigenvalue weighted by Gasteiger charge is 2.23. The van der Waals surface area contributed by atoms with E-state index in [9.17, 15) is 9.59 Å². The van der Waals surface area contributed by atoms with E-state index in [1.54, 1.807) is 10.9 Å². The molecule has 0 saturated heterocycles. The summed E-state index contributed by atoms with van der Waals surface area (Å²) in [5, 5.41) is 19.4. The van der Waals surface area contributed by atoms with E-state index in [-0.39, 0.29) is 11.6 Å².